The van der Waals surface area contributed by atoms with Gasteiger partial charge in [-0.1, -0.05) is 142 Å². The van der Waals surface area contributed by atoms with Crippen LogP contribution in [0.15, 0.2) is 176 Å². The molecule has 0 unspecified atom stereocenters. The average Bonchev–Trinajstić information content (AvgIpc) is 3.87. The van der Waals surface area contributed by atoms with Gasteiger partial charge in [-0.2, -0.15) is 0 Å². The number of pyridine rings is 1. The minimum absolute atomic E-state index is 0. The molecule has 3 nitrogen and oxygen atoms in total. The van der Waals surface area contributed by atoms with Gasteiger partial charge in [0.25, 0.3) is 0 Å². The summed E-state index contributed by atoms with van der Waals surface area (Å²) < 4.78 is 4.99. The Morgan fingerprint density at radius 3 is 2.00 bits per heavy atom. The minimum atomic E-state index is 0. The van der Waals surface area contributed by atoms with Crippen molar-refractivity contribution in [2.24, 2.45) is 0 Å². The van der Waals surface area contributed by atoms with Gasteiger partial charge in [-0.3, -0.25) is 4.98 Å². The third-order valence-electron chi connectivity index (χ3n) is 11.5. The van der Waals surface area contributed by atoms with Crippen molar-refractivity contribution in [2.45, 2.75) is 39.5 Å². The Morgan fingerprint density at radius 1 is 0.541 bits per heavy atom. The first-order valence-electron chi connectivity index (χ1n) is 20.7. The second-order valence-corrected chi connectivity index (χ2v) is 17.1. The van der Waals surface area contributed by atoms with Crippen LogP contribution in [0.5, 0.6) is 0 Å². The number of para-hydroxylation sites is 2. The predicted octanol–water partition coefficient (Wildman–Crippen LogP) is 15.6. The van der Waals surface area contributed by atoms with Crippen LogP contribution >= 0.6 is 11.3 Å². The smallest absolute Gasteiger partial charge is 0.0774 e. The molecular weight excluding hydrogens is 939 g/mol. The van der Waals surface area contributed by atoms with Gasteiger partial charge in [0.1, 0.15) is 0 Å². The van der Waals surface area contributed by atoms with Crippen LogP contribution in [-0.4, -0.2) is 14.5 Å². The Balaban J connectivity index is 0.000000198. The number of nitrogens with zero attached hydrogens (tertiary/aromatic N) is 3. The van der Waals surface area contributed by atoms with Crippen LogP contribution in [0.2, 0.25) is 0 Å². The summed E-state index contributed by atoms with van der Waals surface area (Å²) in [4.78, 5) is 9.82. The van der Waals surface area contributed by atoms with Crippen molar-refractivity contribution in [2.75, 3.05) is 0 Å². The molecule has 0 aliphatic heterocycles. The summed E-state index contributed by atoms with van der Waals surface area (Å²) in [5.74, 6) is 1.58. The summed E-state index contributed by atoms with van der Waals surface area (Å²) in [6, 6.07) is 66.8. The fourth-order valence-electron chi connectivity index (χ4n) is 8.44. The van der Waals surface area contributed by atoms with E-state index in [0.717, 1.165) is 33.7 Å². The Kier molecular flexibility index (Phi) is 11.2. The molecular formula is C56H43IrN3S-2. The maximum absolute atomic E-state index is 5.24. The van der Waals surface area contributed by atoms with E-state index in [4.69, 9.17) is 4.98 Å². The molecule has 0 atom stereocenters. The van der Waals surface area contributed by atoms with Crippen molar-refractivity contribution in [3.05, 3.63) is 199 Å². The number of aromatic nitrogens is 3. The standard InChI is InChI=1S/C39H33N2.C17H10NS.Ir/c1-25(2)34-23-31(27-12-6-5-7-13-27)24-35(26(3)4)38(34)41-37-17-11-10-16-36(37)40-39(41)30-20-21-33-29(22-30)19-18-28-14-8-9-15-32(28)33;1-2-6-12(7-3-1)15-10-17-14(11-18-15)13-8-4-5-9-16(13)19-17;/h5-19,21-26H,1-4H3;1-6,8-11H;/q2*-1;. The number of hydrogen-bond donors (Lipinski definition) is 0. The largest absolute Gasteiger partial charge is 0.333 e. The zero-order valence-electron chi connectivity index (χ0n) is 34.5. The molecule has 0 aliphatic rings. The van der Waals surface area contributed by atoms with Crippen molar-refractivity contribution in [3.8, 4) is 39.5 Å². The fraction of sp³-hybridized carbons (Fsp3) is 0.107. The van der Waals surface area contributed by atoms with Crippen LogP contribution in [0.1, 0.15) is 50.7 Å². The number of benzene rings is 8. The molecule has 0 saturated heterocycles. The van der Waals surface area contributed by atoms with Gasteiger partial charge < -0.3 is 9.55 Å². The fourth-order valence-corrected chi connectivity index (χ4v) is 9.56. The van der Waals surface area contributed by atoms with Crippen molar-refractivity contribution in [1.82, 2.24) is 14.5 Å². The molecule has 0 amide bonds. The zero-order chi connectivity index (χ0) is 40.7. The van der Waals surface area contributed by atoms with Crippen molar-refractivity contribution >= 4 is 64.1 Å². The summed E-state index contributed by atoms with van der Waals surface area (Å²) >= 11 is 1.82. The Morgan fingerprint density at radius 2 is 1.23 bits per heavy atom. The summed E-state index contributed by atoms with van der Waals surface area (Å²) in [6.07, 6.45) is 1.98. The molecule has 5 heteroatoms. The number of fused-ring (bicyclic) bond motifs is 7. The maximum Gasteiger partial charge on any atom is 0.0774 e. The maximum atomic E-state index is 5.24. The van der Waals surface area contributed by atoms with Gasteiger partial charge in [0, 0.05) is 52.2 Å². The quantitative estimate of drug-likeness (QED) is 0.123. The molecule has 0 fully saturated rings. The predicted molar refractivity (Wildman–Crippen MR) is 255 cm³/mol. The zero-order valence-corrected chi connectivity index (χ0v) is 37.7. The second kappa shape index (κ2) is 17.0. The first-order valence-corrected chi connectivity index (χ1v) is 21.5. The number of thiophene rings is 1. The Hall–Kier alpha value is -6.23. The molecule has 0 aliphatic carbocycles. The third-order valence-corrected chi connectivity index (χ3v) is 12.6. The molecule has 3 heterocycles. The van der Waals surface area contributed by atoms with E-state index in [-0.39, 0.29) is 20.1 Å². The van der Waals surface area contributed by atoms with Crippen molar-refractivity contribution in [1.29, 1.82) is 0 Å². The van der Waals surface area contributed by atoms with Crippen LogP contribution in [0.3, 0.4) is 0 Å². The van der Waals surface area contributed by atoms with Gasteiger partial charge in [0.05, 0.1) is 16.9 Å². The van der Waals surface area contributed by atoms with Crippen LogP contribution in [-0.2, 0) is 20.1 Å². The van der Waals surface area contributed by atoms with Gasteiger partial charge in [0.15, 0.2) is 0 Å². The monoisotopic (exact) mass is 982 g/mol. The van der Waals surface area contributed by atoms with E-state index in [1.165, 1.54) is 69.7 Å². The van der Waals surface area contributed by atoms with Crippen LogP contribution < -0.4 is 0 Å². The SMILES string of the molecule is CC(C)c1cc(-c2ccccc2)cc(C(C)C)c1-n1c(-c2[c-]cc3c(ccc4ccccc43)c2)nc2ccccc21.[Ir].[c-]1ccccc1-c1cc2sc3ccccc3c2cn1. The first-order chi connectivity index (χ1) is 29.4. The van der Waals surface area contributed by atoms with Gasteiger partial charge in [-0.25, -0.2) is 0 Å². The van der Waals surface area contributed by atoms with E-state index < -0.39 is 0 Å². The van der Waals surface area contributed by atoms with E-state index in [9.17, 15) is 0 Å². The molecule has 0 saturated carbocycles. The first kappa shape index (κ1) is 40.2. The van der Waals surface area contributed by atoms with E-state index in [2.05, 4.69) is 195 Å². The van der Waals surface area contributed by atoms with Gasteiger partial charge in [0.2, 0.25) is 0 Å². The van der Waals surface area contributed by atoms with Crippen molar-refractivity contribution in [3.63, 3.8) is 0 Å². The molecule has 3 aromatic heterocycles. The number of hydrogen-bond acceptors (Lipinski definition) is 3. The van der Waals surface area contributed by atoms with Crippen LogP contribution in [0, 0.1) is 12.1 Å². The van der Waals surface area contributed by atoms with E-state index >= 15 is 0 Å². The second-order valence-electron chi connectivity index (χ2n) is 16.0. The Bertz CT molecular complexity index is 3300. The molecule has 61 heavy (non-hydrogen) atoms. The minimum Gasteiger partial charge on any atom is -0.333 e. The molecule has 11 rings (SSSR count). The number of imidazole rings is 1. The van der Waals surface area contributed by atoms with Crippen molar-refractivity contribution < 1.29 is 20.1 Å². The summed E-state index contributed by atoms with van der Waals surface area (Å²) in [5.41, 5.74) is 11.5. The summed E-state index contributed by atoms with van der Waals surface area (Å²) in [6.45, 7) is 9.18. The number of rotatable bonds is 6. The van der Waals surface area contributed by atoms with Crippen LogP contribution in [0.25, 0.3) is 92.2 Å². The summed E-state index contributed by atoms with van der Waals surface area (Å²) in [5, 5.41) is 7.44. The topological polar surface area (TPSA) is 30.7 Å². The normalized spacial score (nSPS) is 11.4. The average molecular weight is 982 g/mol. The van der Waals surface area contributed by atoms with E-state index in [1.54, 1.807) is 0 Å². The molecule has 0 bridgehead atoms. The molecule has 1 radical (unpaired) electrons. The van der Waals surface area contributed by atoms with Crippen LogP contribution in [0.4, 0.5) is 0 Å². The van der Waals surface area contributed by atoms with Gasteiger partial charge in [-0.15, -0.1) is 76.4 Å². The summed E-state index contributed by atoms with van der Waals surface area (Å²) in [7, 11) is 0. The third kappa shape index (κ3) is 7.59. The molecule has 11 aromatic rings. The van der Waals surface area contributed by atoms with E-state index in [0.29, 0.717) is 11.8 Å². The van der Waals surface area contributed by atoms with Gasteiger partial charge >= 0.3 is 0 Å². The van der Waals surface area contributed by atoms with E-state index in [1.807, 2.05) is 41.8 Å². The molecule has 0 N–H and O–H groups in total. The molecule has 8 aromatic carbocycles. The van der Waals surface area contributed by atoms with Gasteiger partial charge in [-0.05, 0) is 75.5 Å². The Labute approximate surface area is 374 Å². The molecule has 0 spiro atoms. The molecule has 299 valence electrons.